The summed E-state index contributed by atoms with van der Waals surface area (Å²) in [5, 5.41) is 9.35. The third kappa shape index (κ3) is 7.87. The van der Waals surface area contributed by atoms with Gasteiger partial charge in [0.15, 0.2) is 3.77 Å². The highest BCUT2D eigenvalue weighted by Gasteiger charge is 2.06. The van der Waals surface area contributed by atoms with Gasteiger partial charge in [0.25, 0.3) is 0 Å². The van der Waals surface area contributed by atoms with Gasteiger partial charge >= 0.3 is 0 Å². The van der Waals surface area contributed by atoms with Gasteiger partial charge in [-0.2, -0.15) is 0 Å². The summed E-state index contributed by atoms with van der Waals surface area (Å²) in [5.74, 6) is 0.619. The van der Waals surface area contributed by atoms with Gasteiger partial charge in [-0.1, -0.05) is 61.4 Å². The standard InChI is InChI=1S/C19H27IO2/c1-3-10-17(15-18-13-8-5-9-14-18)12-7-4-6-11-16(2)19(21)20-22/h4-8,11,15,17,21H,3,9-10,12-14H2,1-2H3/b7-4-,11-6-,18-15-,19-16-. The Morgan fingerprint density at radius 3 is 2.86 bits per heavy atom. The van der Waals surface area contributed by atoms with E-state index >= 15 is 0 Å². The lowest BCUT2D eigenvalue weighted by molar-refractivity contribution is 0.459. The third-order valence-corrected chi connectivity index (χ3v) is 5.01. The first kappa shape index (κ1) is 19.1. The predicted octanol–water partition coefficient (Wildman–Crippen LogP) is 6.68. The van der Waals surface area contributed by atoms with E-state index in [-0.39, 0.29) is 3.77 Å². The summed E-state index contributed by atoms with van der Waals surface area (Å²) in [6.45, 7) is 4.01. The smallest absolute Gasteiger partial charge is 0.221 e. The molecule has 0 fully saturated rings. The van der Waals surface area contributed by atoms with Crippen LogP contribution in [0.25, 0.3) is 0 Å². The Morgan fingerprint density at radius 2 is 2.23 bits per heavy atom. The molecule has 0 heterocycles. The van der Waals surface area contributed by atoms with Gasteiger partial charge in [0.05, 0.1) is 0 Å². The Bertz CT molecular complexity index is 496. The van der Waals surface area contributed by atoms with Gasteiger partial charge in [-0.15, -0.1) is 0 Å². The van der Waals surface area contributed by atoms with E-state index in [4.69, 9.17) is 0 Å². The van der Waals surface area contributed by atoms with E-state index in [0.29, 0.717) is 11.5 Å². The highest BCUT2D eigenvalue weighted by Crippen LogP contribution is 2.23. The van der Waals surface area contributed by atoms with Crippen LogP contribution in [-0.4, -0.2) is 5.11 Å². The molecule has 1 atom stereocenters. The van der Waals surface area contributed by atoms with Crippen LogP contribution in [0.1, 0.15) is 52.4 Å². The van der Waals surface area contributed by atoms with Crippen LogP contribution in [0.2, 0.25) is 0 Å². The zero-order valence-corrected chi connectivity index (χ0v) is 15.8. The van der Waals surface area contributed by atoms with Gasteiger partial charge in [0.1, 0.15) is 0 Å². The highest BCUT2D eigenvalue weighted by molar-refractivity contribution is 14.2. The first-order valence-corrected chi connectivity index (χ1v) is 9.98. The van der Waals surface area contributed by atoms with Crippen molar-refractivity contribution in [1.29, 1.82) is 0 Å². The van der Waals surface area contributed by atoms with E-state index in [1.807, 2.05) is 18.2 Å². The fourth-order valence-electron chi connectivity index (χ4n) is 2.51. The second kappa shape index (κ2) is 11.6. The Labute approximate surface area is 145 Å². The van der Waals surface area contributed by atoms with Crippen molar-refractivity contribution < 1.29 is 8.18 Å². The number of allylic oxidation sites excluding steroid dienone is 9. The molecule has 1 N–H and O–H groups in total. The molecule has 0 radical (unpaired) electrons. The van der Waals surface area contributed by atoms with Crippen LogP contribution in [0.3, 0.4) is 0 Å². The number of hydrogen-bond donors (Lipinski definition) is 1. The highest BCUT2D eigenvalue weighted by atomic mass is 127. The Kier molecular flexibility index (Phi) is 10.0. The van der Waals surface area contributed by atoms with Crippen molar-refractivity contribution in [3.63, 3.8) is 0 Å². The molecule has 0 aliphatic heterocycles. The molecule has 0 bridgehead atoms. The number of aliphatic hydroxyl groups is 1. The molecule has 0 saturated carbocycles. The molecular weight excluding hydrogens is 387 g/mol. The molecule has 0 aromatic rings. The normalized spacial score (nSPS) is 20.0. The van der Waals surface area contributed by atoms with Gasteiger partial charge < -0.3 is 5.11 Å². The van der Waals surface area contributed by atoms with Gasteiger partial charge in [-0.25, -0.2) is 0 Å². The second-order valence-electron chi connectivity index (χ2n) is 5.66. The monoisotopic (exact) mass is 414 g/mol. The van der Waals surface area contributed by atoms with E-state index in [0.717, 1.165) is 12.8 Å². The molecule has 1 unspecified atom stereocenters. The first-order chi connectivity index (χ1) is 10.7. The largest absolute Gasteiger partial charge is 0.500 e. The number of rotatable bonds is 8. The zero-order valence-electron chi connectivity index (χ0n) is 13.6. The van der Waals surface area contributed by atoms with Crippen LogP contribution in [0.15, 0.2) is 57.4 Å². The van der Waals surface area contributed by atoms with Gasteiger partial charge in [0.2, 0.25) is 21.2 Å². The van der Waals surface area contributed by atoms with Gasteiger partial charge in [-0.05, 0) is 44.9 Å². The average Bonchev–Trinajstić information content (AvgIpc) is 2.54. The van der Waals surface area contributed by atoms with Crippen LogP contribution in [0.4, 0.5) is 0 Å². The van der Waals surface area contributed by atoms with E-state index in [9.17, 15) is 8.18 Å². The Balaban J connectivity index is 2.53. The molecule has 2 nitrogen and oxygen atoms in total. The lowest BCUT2D eigenvalue weighted by Gasteiger charge is -2.14. The van der Waals surface area contributed by atoms with Crippen molar-refractivity contribution in [2.45, 2.75) is 52.4 Å². The maximum atomic E-state index is 10.6. The molecule has 0 spiro atoms. The third-order valence-electron chi connectivity index (χ3n) is 3.74. The van der Waals surface area contributed by atoms with E-state index in [1.165, 1.54) is 25.7 Å². The van der Waals surface area contributed by atoms with Crippen LogP contribution in [0, 0.1) is 5.92 Å². The predicted molar refractivity (Wildman–Crippen MR) is 102 cm³/mol. The van der Waals surface area contributed by atoms with Crippen molar-refractivity contribution in [1.82, 2.24) is 0 Å². The molecule has 0 aromatic carbocycles. The summed E-state index contributed by atoms with van der Waals surface area (Å²) in [6, 6.07) is 0. The molecule has 22 heavy (non-hydrogen) atoms. The fraction of sp³-hybridized carbons (Fsp3) is 0.474. The SMILES string of the molecule is CCCC(/C=C1/CC=CCC1)C\C=C/C=C\C(C)=C(/O)I=O. The van der Waals surface area contributed by atoms with Gasteiger partial charge in [0, 0.05) is 5.57 Å². The maximum Gasteiger partial charge on any atom is 0.221 e. The lowest BCUT2D eigenvalue weighted by atomic mass is 9.92. The summed E-state index contributed by atoms with van der Waals surface area (Å²) >= 11 is -1.45. The summed E-state index contributed by atoms with van der Waals surface area (Å²) in [5.41, 5.74) is 2.27. The van der Waals surface area contributed by atoms with Crippen LogP contribution in [-0.2, 0) is 3.07 Å². The van der Waals surface area contributed by atoms with E-state index < -0.39 is 21.2 Å². The number of aliphatic hydroxyl groups excluding tert-OH is 1. The van der Waals surface area contributed by atoms with Crippen molar-refractivity contribution >= 4 is 21.2 Å². The molecule has 1 rings (SSSR count). The molecule has 122 valence electrons. The van der Waals surface area contributed by atoms with Crippen molar-refractivity contribution in [3.05, 3.63) is 57.4 Å². The van der Waals surface area contributed by atoms with Gasteiger partial charge in [-0.3, -0.25) is 3.07 Å². The van der Waals surface area contributed by atoms with Crippen LogP contribution >= 0.6 is 21.2 Å². The average molecular weight is 414 g/mol. The van der Waals surface area contributed by atoms with Crippen molar-refractivity contribution in [2.75, 3.05) is 0 Å². The topological polar surface area (TPSA) is 37.3 Å². The molecule has 3 heteroatoms. The molecule has 1 aliphatic carbocycles. The Morgan fingerprint density at radius 1 is 1.41 bits per heavy atom. The summed E-state index contributed by atoms with van der Waals surface area (Å²) < 4.78 is 10.7. The summed E-state index contributed by atoms with van der Waals surface area (Å²) in [7, 11) is 0. The molecule has 0 saturated heterocycles. The van der Waals surface area contributed by atoms with E-state index in [1.54, 1.807) is 12.5 Å². The first-order valence-electron chi connectivity index (χ1n) is 8.02. The zero-order chi connectivity index (χ0) is 16.2. The van der Waals surface area contributed by atoms with Crippen molar-refractivity contribution in [3.8, 4) is 0 Å². The fourth-order valence-corrected chi connectivity index (χ4v) is 3.04. The van der Waals surface area contributed by atoms with E-state index in [2.05, 4.69) is 31.2 Å². The van der Waals surface area contributed by atoms with Crippen LogP contribution in [0.5, 0.6) is 0 Å². The van der Waals surface area contributed by atoms with Crippen LogP contribution < -0.4 is 0 Å². The lowest BCUT2D eigenvalue weighted by Crippen LogP contribution is -1.98. The second-order valence-corrected chi connectivity index (χ2v) is 7.12. The number of halogens is 1. The van der Waals surface area contributed by atoms with Crippen molar-refractivity contribution in [2.24, 2.45) is 5.92 Å². The minimum Gasteiger partial charge on any atom is -0.500 e. The quantitative estimate of drug-likeness (QED) is 0.208. The molecular formula is C19H27IO2. The minimum atomic E-state index is -1.45. The molecule has 1 aliphatic rings. The number of hydrogen-bond acceptors (Lipinski definition) is 2. The summed E-state index contributed by atoms with van der Waals surface area (Å²) in [4.78, 5) is 0. The molecule has 0 amide bonds. The Hall–Kier alpha value is -0.970. The molecule has 0 aromatic heterocycles. The summed E-state index contributed by atoms with van der Waals surface area (Å²) in [6.07, 6.45) is 21.9. The minimum absolute atomic E-state index is 0.0300. The maximum absolute atomic E-state index is 10.6.